The second-order valence-corrected chi connectivity index (χ2v) is 10.7. The fourth-order valence-electron chi connectivity index (χ4n) is 4.93. The smallest absolute Gasteiger partial charge is 0.429 e. The third-order valence-corrected chi connectivity index (χ3v) is 7.21. The van der Waals surface area contributed by atoms with Crippen LogP contribution in [0.1, 0.15) is 42.9 Å². The second kappa shape index (κ2) is 13.5. The molecule has 13 heteroatoms. The number of halogens is 10. The van der Waals surface area contributed by atoms with Crippen LogP contribution >= 0.6 is 0 Å². The molecule has 0 bridgehead atoms. The van der Waals surface area contributed by atoms with E-state index in [4.69, 9.17) is 0 Å². The standard InChI is InChI=1S/C35H22F10N2O/c1-2-3-4-5-19-17-46-33(47-18-19)21-8-6-20(7-9-21)22-13-28(38)31(29(39)14-22)35(44,45)48-24-12-23-15-26(36)25(10-11-34(41,42)43)32(40)30(23)27(37)16-24/h6-9,12-18H,2-5H2,1H3. The SMILES string of the molecule is CCCCCc1cnc(-c2ccc(-c3cc(F)c(C(F)(F)Oc4cc(F)c5c(F)c(C#CC(F)(F)F)c(F)cc5c4)c(F)c3)cc2)nc1. The maximum Gasteiger partial charge on any atom is 0.458 e. The topological polar surface area (TPSA) is 35.0 Å². The van der Waals surface area contributed by atoms with Crippen LogP contribution in [-0.2, 0) is 12.5 Å². The molecule has 5 aromatic rings. The summed E-state index contributed by atoms with van der Waals surface area (Å²) in [6.07, 6.45) is -2.41. The predicted molar refractivity (Wildman–Crippen MR) is 157 cm³/mol. The molecule has 0 aliphatic heterocycles. The molecule has 0 saturated heterocycles. The van der Waals surface area contributed by atoms with Crippen LogP contribution in [0.15, 0.2) is 67.0 Å². The van der Waals surface area contributed by atoms with E-state index in [0.29, 0.717) is 41.6 Å². The van der Waals surface area contributed by atoms with Gasteiger partial charge in [-0.05, 0) is 59.2 Å². The number of hydrogen-bond acceptors (Lipinski definition) is 3. The Morgan fingerprint density at radius 1 is 0.708 bits per heavy atom. The third kappa shape index (κ3) is 7.54. The van der Waals surface area contributed by atoms with Crippen LogP contribution in [0.25, 0.3) is 33.3 Å². The van der Waals surface area contributed by atoms with E-state index in [0.717, 1.165) is 31.2 Å². The van der Waals surface area contributed by atoms with Crippen molar-refractivity contribution in [3.63, 3.8) is 0 Å². The Hall–Kier alpha value is -5.12. The van der Waals surface area contributed by atoms with Crippen molar-refractivity contribution in [1.82, 2.24) is 9.97 Å². The van der Waals surface area contributed by atoms with E-state index in [1.165, 1.54) is 18.1 Å². The van der Waals surface area contributed by atoms with Crippen molar-refractivity contribution < 1.29 is 48.6 Å². The fraction of sp³-hybridized carbons (Fsp3) is 0.200. The van der Waals surface area contributed by atoms with Crippen LogP contribution in [0.3, 0.4) is 0 Å². The van der Waals surface area contributed by atoms with Gasteiger partial charge in [-0.15, -0.1) is 0 Å². The van der Waals surface area contributed by atoms with Gasteiger partial charge in [0.15, 0.2) is 11.6 Å². The van der Waals surface area contributed by atoms with Crippen molar-refractivity contribution in [2.75, 3.05) is 0 Å². The quantitative estimate of drug-likeness (QED) is 0.0886. The van der Waals surface area contributed by atoms with Gasteiger partial charge >= 0.3 is 12.3 Å². The first kappa shape index (κ1) is 34.2. The third-order valence-electron chi connectivity index (χ3n) is 7.21. The van der Waals surface area contributed by atoms with Gasteiger partial charge in [-0.25, -0.2) is 31.9 Å². The number of alkyl halides is 5. The molecule has 0 fully saturated rings. The molecule has 1 aromatic heterocycles. The second-order valence-electron chi connectivity index (χ2n) is 10.7. The lowest BCUT2D eigenvalue weighted by molar-refractivity contribution is -0.189. The summed E-state index contributed by atoms with van der Waals surface area (Å²) in [5.74, 6) is -7.33. The number of fused-ring (bicyclic) bond motifs is 1. The number of hydrogen-bond donors (Lipinski definition) is 0. The molecular formula is C35H22F10N2O. The number of benzene rings is 4. The molecule has 0 N–H and O–H groups in total. The van der Waals surface area contributed by atoms with Crippen LogP contribution in [0.5, 0.6) is 5.75 Å². The monoisotopic (exact) mass is 676 g/mol. The number of aromatic nitrogens is 2. The summed E-state index contributed by atoms with van der Waals surface area (Å²) in [5.41, 5.74) is -1.48. The number of rotatable bonds is 9. The zero-order valence-electron chi connectivity index (χ0n) is 24.8. The molecule has 0 aliphatic rings. The molecule has 0 radical (unpaired) electrons. The first-order valence-corrected chi connectivity index (χ1v) is 14.4. The Morgan fingerprint density at radius 2 is 1.33 bits per heavy atom. The van der Waals surface area contributed by atoms with Crippen LogP contribution in [-0.4, -0.2) is 16.1 Å². The Morgan fingerprint density at radius 3 is 1.94 bits per heavy atom. The van der Waals surface area contributed by atoms with Gasteiger partial charge in [-0.2, -0.15) is 22.0 Å². The Labute approximate surface area is 267 Å². The predicted octanol–water partition coefficient (Wildman–Crippen LogP) is 10.4. The molecule has 0 spiro atoms. The van der Waals surface area contributed by atoms with Crippen molar-refractivity contribution >= 4 is 10.8 Å². The lowest BCUT2D eigenvalue weighted by Gasteiger charge is -2.20. The number of ether oxygens (including phenoxy) is 1. The molecule has 0 amide bonds. The number of aryl methyl sites for hydroxylation is 1. The summed E-state index contributed by atoms with van der Waals surface area (Å²) in [7, 11) is 0. The van der Waals surface area contributed by atoms with Gasteiger partial charge in [0, 0.05) is 29.9 Å². The zero-order chi connectivity index (χ0) is 34.8. The highest BCUT2D eigenvalue weighted by Gasteiger charge is 2.41. The summed E-state index contributed by atoms with van der Waals surface area (Å²) in [4.78, 5) is 8.70. The molecule has 3 nitrogen and oxygen atoms in total. The molecule has 0 atom stereocenters. The largest absolute Gasteiger partial charge is 0.458 e. The van der Waals surface area contributed by atoms with E-state index in [9.17, 15) is 26.3 Å². The van der Waals surface area contributed by atoms with Crippen LogP contribution in [0, 0.1) is 40.9 Å². The molecule has 0 saturated carbocycles. The van der Waals surface area contributed by atoms with Crippen molar-refractivity contribution in [1.29, 1.82) is 0 Å². The highest BCUT2D eigenvalue weighted by Crippen LogP contribution is 2.39. The van der Waals surface area contributed by atoms with Gasteiger partial charge < -0.3 is 4.74 Å². The first-order valence-electron chi connectivity index (χ1n) is 14.4. The van der Waals surface area contributed by atoms with E-state index in [1.54, 1.807) is 24.5 Å². The zero-order valence-corrected chi connectivity index (χ0v) is 24.8. The Balaban J connectivity index is 1.38. The molecular weight excluding hydrogens is 654 g/mol. The molecule has 1 heterocycles. The minimum atomic E-state index is -5.11. The summed E-state index contributed by atoms with van der Waals surface area (Å²) in [6, 6.07) is 8.53. The lowest BCUT2D eigenvalue weighted by Crippen LogP contribution is -2.25. The van der Waals surface area contributed by atoms with Gasteiger partial charge in [0.05, 0.1) is 10.9 Å². The van der Waals surface area contributed by atoms with E-state index < -0.39 is 69.0 Å². The molecule has 0 aliphatic carbocycles. The van der Waals surface area contributed by atoms with Crippen molar-refractivity contribution in [3.8, 4) is 40.1 Å². The van der Waals surface area contributed by atoms with Crippen LogP contribution < -0.4 is 4.74 Å². The lowest BCUT2D eigenvalue weighted by atomic mass is 10.0. The maximum atomic E-state index is 15.1. The van der Waals surface area contributed by atoms with E-state index in [1.807, 2.05) is 0 Å². The summed E-state index contributed by atoms with van der Waals surface area (Å²) in [6.45, 7) is 2.10. The highest BCUT2D eigenvalue weighted by molar-refractivity contribution is 5.87. The number of nitrogens with zero attached hydrogens (tertiary/aromatic N) is 2. The molecule has 48 heavy (non-hydrogen) atoms. The first-order chi connectivity index (χ1) is 22.7. The minimum absolute atomic E-state index is 0.101. The molecule has 248 valence electrons. The van der Waals surface area contributed by atoms with Crippen LogP contribution in [0.2, 0.25) is 0 Å². The number of unbranched alkanes of at least 4 members (excludes halogenated alkanes) is 2. The Bertz CT molecular complexity index is 2010. The van der Waals surface area contributed by atoms with Gasteiger partial charge in [0.2, 0.25) is 0 Å². The Kier molecular flexibility index (Phi) is 9.66. The fourth-order valence-corrected chi connectivity index (χ4v) is 4.93. The average molecular weight is 677 g/mol. The van der Waals surface area contributed by atoms with Gasteiger partial charge in [-0.3, -0.25) is 0 Å². The van der Waals surface area contributed by atoms with Gasteiger partial charge in [0.1, 0.15) is 34.6 Å². The summed E-state index contributed by atoms with van der Waals surface area (Å²) >= 11 is 0. The average Bonchev–Trinajstić information content (AvgIpc) is 3.00. The van der Waals surface area contributed by atoms with E-state index >= 15 is 17.6 Å². The van der Waals surface area contributed by atoms with Crippen molar-refractivity contribution in [2.45, 2.75) is 44.9 Å². The van der Waals surface area contributed by atoms with E-state index in [2.05, 4.69) is 21.6 Å². The summed E-state index contributed by atoms with van der Waals surface area (Å²) < 4.78 is 146. The minimum Gasteiger partial charge on any atom is -0.429 e. The van der Waals surface area contributed by atoms with Crippen molar-refractivity contribution in [2.24, 2.45) is 0 Å². The summed E-state index contributed by atoms with van der Waals surface area (Å²) in [5, 5.41) is -1.81. The highest BCUT2D eigenvalue weighted by atomic mass is 19.4. The normalized spacial score (nSPS) is 11.8. The van der Waals surface area contributed by atoms with Crippen molar-refractivity contribution in [3.05, 3.63) is 113 Å². The molecule has 0 unspecified atom stereocenters. The van der Waals surface area contributed by atoms with Gasteiger partial charge in [0.25, 0.3) is 0 Å². The van der Waals surface area contributed by atoms with E-state index in [-0.39, 0.29) is 17.2 Å². The molecule has 5 rings (SSSR count). The van der Waals surface area contributed by atoms with Gasteiger partial charge in [-0.1, -0.05) is 50.0 Å². The van der Waals surface area contributed by atoms with Crippen LogP contribution in [0.4, 0.5) is 43.9 Å². The molecule has 4 aromatic carbocycles. The maximum absolute atomic E-state index is 15.1.